The van der Waals surface area contributed by atoms with Gasteiger partial charge in [0.2, 0.25) is 5.88 Å². The van der Waals surface area contributed by atoms with Gasteiger partial charge in [0.15, 0.2) is 11.4 Å². The van der Waals surface area contributed by atoms with Crippen LogP contribution in [0.15, 0.2) is 84.0 Å². The molecule has 7 aliphatic heterocycles. The fourth-order valence-corrected chi connectivity index (χ4v) is 16.7. The minimum absolute atomic E-state index is 0.0218. The summed E-state index contributed by atoms with van der Waals surface area (Å²) in [6.07, 6.45) is 10.9. The van der Waals surface area contributed by atoms with Gasteiger partial charge in [-0.1, -0.05) is 52.0 Å². The summed E-state index contributed by atoms with van der Waals surface area (Å²) in [5.74, 6) is 0.928. The molecule has 5 atom stereocenters. The van der Waals surface area contributed by atoms with E-state index in [0.717, 1.165) is 106 Å². The Balaban J connectivity index is 0.728. The summed E-state index contributed by atoms with van der Waals surface area (Å²) >= 11 is 0. The number of hydrogen-bond donors (Lipinski definition) is 3. The molecule has 8 aliphatic rings. The number of piperidine rings is 1. The Hall–Kier alpha value is -7.04. The van der Waals surface area contributed by atoms with Gasteiger partial charge in [0.05, 0.1) is 52.1 Å². The van der Waals surface area contributed by atoms with Crippen molar-refractivity contribution in [1.82, 2.24) is 29.5 Å². The number of hydrogen-bond acceptors (Lipinski definition) is 17. The van der Waals surface area contributed by atoms with Crippen LogP contribution in [0.25, 0.3) is 11.0 Å². The number of amides is 1. The lowest BCUT2D eigenvalue weighted by Gasteiger charge is -2.58. The number of carbonyl (C=O) groups is 1. The molecule has 1 aliphatic carbocycles. The number of sulfonamides is 1. The number of nitro groups is 1. The number of aromatic nitrogens is 3. The molecule has 20 nitrogen and oxygen atoms in total. The molecular formula is C66H80N10O10S. The number of piperazine rings is 1. The molecule has 10 heterocycles. The Morgan fingerprint density at radius 1 is 0.885 bits per heavy atom. The Morgan fingerprint density at radius 3 is 2.46 bits per heavy atom. The summed E-state index contributed by atoms with van der Waals surface area (Å²) in [6.45, 7) is 21.0. The number of carbonyl (C=O) groups excluding carboxylic acids is 1. The SMILES string of the molecule is Cc1ccccc1[C@@H]1CN(C(C)c2cnc(C(C)C)c3c2C(C)(C)CCO3)CCN1C1CC2(CCN(c3ccc(C(=O)NS(=O)(=O)c4cc5c(c([N+](=O)[O-])c4)N[C@H](C4CCOCC4)CO5)c(N4c5cc6cc[nH]c6nc5O[C@H]5COCC[C@@H]54)c3)CC2)C1. The molecule has 87 heavy (non-hydrogen) atoms. The van der Waals surface area contributed by atoms with Crippen LogP contribution < -0.4 is 34.0 Å². The quantitative estimate of drug-likeness (QED) is 0.0766. The highest BCUT2D eigenvalue weighted by molar-refractivity contribution is 7.90. The minimum atomic E-state index is -4.72. The van der Waals surface area contributed by atoms with E-state index in [0.29, 0.717) is 68.4 Å². The Kier molecular flexibility index (Phi) is 14.9. The lowest BCUT2D eigenvalue weighted by atomic mass is 9.59. The van der Waals surface area contributed by atoms with Crippen molar-refractivity contribution in [2.24, 2.45) is 11.3 Å². The molecule has 6 aromatic rings. The highest BCUT2D eigenvalue weighted by Crippen LogP contribution is 2.55. The van der Waals surface area contributed by atoms with Gasteiger partial charge in [-0.3, -0.25) is 29.7 Å². The van der Waals surface area contributed by atoms with E-state index in [1.807, 2.05) is 30.5 Å². The number of pyridine rings is 2. The standard InChI is InChI=1S/C66H80N10O10S/c1-39(2)59-61-58(65(5,6)19-28-84-61)49(35-68-59)41(4)73-23-24-74(55(36-73)47-10-8-7-9-40(47)3)45-33-66(34-45)17-21-72(22-18-66)44-11-12-48(52(30-44)75-51-16-27-83-38-57(51)86-64-54(75)29-43-13-20-67-62(43)70-64)63(77)71-87(80,81)46-31-53(76(78)79)60-56(32-46)85-37-50(69-60)42-14-25-82-26-15-42/h7-13,20,29-32,35,39,41-42,45,50-51,55,57,69H,14-19,21-28,33-34,36-38H2,1-6H3,(H,67,70)(H,71,77)/t41?,50-,51-,55-,57-/m0/s1. The van der Waals surface area contributed by atoms with E-state index >= 15 is 0 Å². The number of nitrogens with one attached hydrogen (secondary N) is 3. The summed E-state index contributed by atoms with van der Waals surface area (Å²) < 4.78 is 62.0. The fourth-order valence-electron chi connectivity index (χ4n) is 15.7. The summed E-state index contributed by atoms with van der Waals surface area (Å²) in [6, 6.07) is 21.0. The first-order valence-electron chi connectivity index (χ1n) is 31.4. The van der Waals surface area contributed by atoms with Gasteiger partial charge in [0, 0.05) is 112 Å². The maximum atomic E-state index is 15.0. The lowest BCUT2D eigenvalue weighted by molar-refractivity contribution is -0.384. The Morgan fingerprint density at radius 2 is 1.68 bits per heavy atom. The maximum absolute atomic E-state index is 15.0. The molecule has 14 rings (SSSR count). The second-order valence-corrected chi connectivity index (χ2v) is 28.4. The van der Waals surface area contributed by atoms with E-state index in [1.54, 1.807) is 6.07 Å². The zero-order valence-electron chi connectivity index (χ0n) is 50.7. The van der Waals surface area contributed by atoms with Crippen molar-refractivity contribution in [3.8, 4) is 17.4 Å². The lowest BCUT2D eigenvalue weighted by Crippen LogP contribution is -2.60. The molecule has 21 heteroatoms. The van der Waals surface area contributed by atoms with Crippen molar-refractivity contribution >= 4 is 55.4 Å². The van der Waals surface area contributed by atoms with E-state index < -0.39 is 37.5 Å². The molecule has 1 amide bonds. The number of benzene rings is 3. The molecule has 4 saturated heterocycles. The number of aryl methyl sites for hydroxylation is 1. The second-order valence-electron chi connectivity index (χ2n) is 26.7. The van der Waals surface area contributed by atoms with Crippen molar-refractivity contribution in [2.45, 2.75) is 145 Å². The number of nitro benzene ring substituents is 1. The predicted octanol–water partition coefficient (Wildman–Crippen LogP) is 10.6. The first kappa shape index (κ1) is 57.7. The molecule has 0 radical (unpaired) electrons. The van der Waals surface area contributed by atoms with Gasteiger partial charge < -0.3 is 43.8 Å². The third kappa shape index (κ3) is 10.5. The number of rotatable bonds is 12. The van der Waals surface area contributed by atoms with Crippen molar-refractivity contribution in [2.75, 3.05) is 87.5 Å². The van der Waals surface area contributed by atoms with Crippen molar-refractivity contribution in [3.63, 3.8) is 0 Å². The molecule has 3 aromatic heterocycles. The molecule has 3 aromatic carbocycles. The molecule has 1 saturated carbocycles. The molecule has 1 spiro atoms. The van der Waals surface area contributed by atoms with Crippen molar-refractivity contribution < 1.29 is 41.8 Å². The van der Waals surface area contributed by atoms with E-state index in [1.165, 1.54) is 28.3 Å². The van der Waals surface area contributed by atoms with Crippen LogP contribution in [0.3, 0.4) is 0 Å². The van der Waals surface area contributed by atoms with Crippen LogP contribution >= 0.6 is 0 Å². The van der Waals surface area contributed by atoms with Crippen LogP contribution in [0.4, 0.5) is 28.4 Å². The highest BCUT2D eigenvalue weighted by Gasteiger charge is 2.51. The first-order chi connectivity index (χ1) is 41.9. The summed E-state index contributed by atoms with van der Waals surface area (Å²) in [5.41, 5.74) is 8.98. The maximum Gasteiger partial charge on any atom is 0.297 e. The molecule has 3 N–H and O–H groups in total. The Labute approximate surface area is 508 Å². The van der Waals surface area contributed by atoms with Crippen LogP contribution in [-0.2, 0) is 24.9 Å². The smallest absolute Gasteiger partial charge is 0.297 e. The number of aromatic amines is 1. The van der Waals surface area contributed by atoms with Crippen molar-refractivity contribution in [1.29, 1.82) is 0 Å². The molecule has 460 valence electrons. The van der Waals surface area contributed by atoms with Crippen LogP contribution in [0.1, 0.15) is 142 Å². The largest absolute Gasteiger partial charge is 0.491 e. The van der Waals surface area contributed by atoms with Crippen LogP contribution in [0.5, 0.6) is 17.4 Å². The molecule has 5 fully saturated rings. The Bertz CT molecular complexity index is 3760. The van der Waals surface area contributed by atoms with Gasteiger partial charge in [-0.15, -0.1) is 0 Å². The normalized spacial score (nSPS) is 24.3. The average molecular weight is 1210 g/mol. The van der Waals surface area contributed by atoms with E-state index in [2.05, 4.69) is 107 Å². The van der Waals surface area contributed by atoms with Gasteiger partial charge in [-0.05, 0) is 135 Å². The number of ether oxygens (including phenoxy) is 5. The minimum Gasteiger partial charge on any atom is -0.491 e. The average Bonchev–Trinajstić information content (AvgIpc) is 1.65. The molecule has 0 bridgehead atoms. The van der Waals surface area contributed by atoms with Gasteiger partial charge in [-0.25, -0.2) is 13.1 Å². The van der Waals surface area contributed by atoms with Gasteiger partial charge in [0.1, 0.15) is 29.8 Å². The van der Waals surface area contributed by atoms with Crippen molar-refractivity contribution in [3.05, 3.63) is 123 Å². The number of H-pyrrole nitrogens is 1. The fraction of sp³-hybridized carbons (Fsp3) is 0.530. The number of anilines is 4. The summed E-state index contributed by atoms with van der Waals surface area (Å²) in [4.78, 5) is 49.7. The van der Waals surface area contributed by atoms with E-state index in [-0.39, 0.29) is 70.4 Å². The zero-order valence-corrected chi connectivity index (χ0v) is 51.5. The second kappa shape index (κ2) is 22.5. The molecular weight excluding hydrogens is 1120 g/mol. The first-order valence-corrected chi connectivity index (χ1v) is 32.9. The van der Waals surface area contributed by atoms with Crippen LogP contribution in [-0.4, -0.2) is 141 Å². The zero-order chi connectivity index (χ0) is 60.1. The number of fused-ring (bicyclic) bond motifs is 5. The van der Waals surface area contributed by atoms with Gasteiger partial charge >= 0.3 is 0 Å². The topological polar surface area (TPSA) is 219 Å². The highest BCUT2D eigenvalue weighted by atomic mass is 32.2. The molecule has 1 unspecified atom stereocenters. The summed E-state index contributed by atoms with van der Waals surface area (Å²) in [7, 11) is -4.72. The van der Waals surface area contributed by atoms with Crippen LogP contribution in [0.2, 0.25) is 0 Å². The van der Waals surface area contributed by atoms with Crippen LogP contribution in [0, 0.1) is 28.4 Å². The monoisotopic (exact) mass is 1200 g/mol. The van der Waals surface area contributed by atoms with E-state index in [4.69, 9.17) is 33.7 Å². The third-order valence-electron chi connectivity index (χ3n) is 20.7. The van der Waals surface area contributed by atoms with Gasteiger partial charge in [0.25, 0.3) is 21.6 Å². The number of nitrogens with zero attached hydrogens (tertiary/aromatic N) is 7. The van der Waals surface area contributed by atoms with E-state index in [9.17, 15) is 23.3 Å². The summed E-state index contributed by atoms with van der Waals surface area (Å²) in [5, 5.41) is 16.8. The van der Waals surface area contributed by atoms with Gasteiger partial charge in [-0.2, -0.15) is 4.98 Å². The third-order valence-corrected chi connectivity index (χ3v) is 22.1. The predicted molar refractivity (Wildman–Crippen MR) is 331 cm³/mol.